The topological polar surface area (TPSA) is 52.5 Å². The predicted molar refractivity (Wildman–Crippen MR) is 91.4 cm³/mol. The average Bonchev–Trinajstić information content (AvgIpc) is 2.93. The van der Waals surface area contributed by atoms with Gasteiger partial charge in [0.25, 0.3) is 0 Å². The molecule has 122 valence electrons. The van der Waals surface area contributed by atoms with Crippen LogP contribution in [0, 0.1) is 0 Å². The van der Waals surface area contributed by atoms with Crippen LogP contribution in [0.1, 0.15) is 57.6 Å². The van der Waals surface area contributed by atoms with Crippen molar-refractivity contribution >= 4 is 5.65 Å². The maximum Gasteiger partial charge on any atom is 0.179 e. The highest BCUT2D eigenvalue weighted by Crippen LogP contribution is 2.19. The van der Waals surface area contributed by atoms with E-state index in [2.05, 4.69) is 11.9 Å². The van der Waals surface area contributed by atoms with Crippen LogP contribution in [-0.4, -0.2) is 22.5 Å². The lowest BCUT2D eigenvalue weighted by molar-refractivity contribution is 0.306. The molecule has 0 saturated heterocycles. The van der Waals surface area contributed by atoms with Gasteiger partial charge in [-0.1, -0.05) is 45.4 Å². The monoisotopic (exact) mass is 303 g/mol. The lowest BCUT2D eigenvalue weighted by Crippen LogP contribution is -2.02. The molecule has 2 aromatic rings. The maximum atomic E-state index is 5.92. The highest BCUT2D eigenvalue weighted by Gasteiger charge is 2.06. The van der Waals surface area contributed by atoms with Gasteiger partial charge in [0.15, 0.2) is 11.4 Å². The van der Waals surface area contributed by atoms with Crippen LogP contribution in [0.25, 0.3) is 5.65 Å². The van der Waals surface area contributed by atoms with Crippen LogP contribution in [0.3, 0.4) is 0 Å². The van der Waals surface area contributed by atoms with Crippen molar-refractivity contribution < 1.29 is 4.74 Å². The van der Waals surface area contributed by atoms with E-state index in [9.17, 15) is 0 Å². The number of unbranched alkanes of at least 4 members (excludes halogenated alkanes) is 6. The zero-order valence-electron chi connectivity index (χ0n) is 13.8. The van der Waals surface area contributed by atoms with Crippen LogP contribution < -0.4 is 10.5 Å². The summed E-state index contributed by atoms with van der Waals surface area (Å²) in [4.78, 5) is 4.61. The van der Waals surface area contributed by atoms with Gasteiger partial charge >= 0.3 is 0 Å². The standard InChI is InChI=1S/C18H29N3O/c1-2-3-4-5-6-7-8-14-22-17-10-9-13-21-15-16(11-12-19)20-18(17)21/h9-10,13,15H,2-8,11-12,14,19H2,1H3. The molecule has 0 fully saturated rings. The van der Waals surface area contributed by atoms with Crippen LogP contribution in [-0.2, 0) is 6.42 Å². The second-order valence-electron chi connectivity index (χ2n) is 5.84. The Balaban J connectivity index is 1.76. The molecule has 2 rings (SSSR count). The third kappa shape index (κ3) is 5.02. The molecule has 0 atom stereocenters. The number of imidazole rings is 1. The van der Waals surface area contributed by atoms with Gasteiger partial charge in [0.2, 0.25) is 0 Å². The zero-order valence-corrected chi connectivity index (χ0v) is 13.8. The molecule has 4 heteroatoms. The fourth-order valence-corrected chi connectivity index (χ4v) is 2.66. The highest BCUT2D eigenvalue weighted by atomic mass is 16.5. The Morgan fingerprint density at radius 2 is 1.91 bits per heavy atom. The van der Waals surface area contributed by atoms with Crippen molar-refractivity contribution in [2.75, 3.05) is 13.2 Å². The first-order valence-corrected chi connectivity index (χ1v) is 8.64. The molecule has 0 saturated carbocycles. The quantitative estimate of drug-likeness (QED) is 0.639. The van der Waals surface area contributed by atoms with Gasteiger partial charge < -0.3 is 14.9 Å². The van der Waals surface area contributed by atoms with Crippen LogP contribution in [0.4, 0.5) is 0 Å². The van der Waals surface area contributed by atoms with Crippen molar-refractivity contribution in [1.82, 2.24) is 9.38 Å². The molecule has 0 radical (unpaired) electrons. The first kappa shape index (κ1) is 16.8. The minimum absolute atomic E-state index is 0.623. The Morgan fingerprint density at radius 1 is 1.14 bits per heavy atom. The summed E-state index contributed by atoms with van der Waals surface area (Å²) >= 11 is 0. The van der Waals surface area contributed by atoms with Crippen molar-refractivity contribution in [1.29, 1.82) is 0 Å². The Labute approximate surface area is 133 Å². The predicted octanol–water partition coefficient (Wildman–Crippen LogP) is 3.96. The summed E-state index contributed by atoms with van der Waals surface area (Å²) in [5.41, 5.74) is 7.52. The molecule has 0 bridgehead atoms. The van der Waals surface area contributed by atoms with Crippen LogP contribution in [0.5, 0.6) is 5.75 Å². The number of hydrogen-bond donors (Lipinski definition) is 1. The molecule has 0 aliphatic rings. The summed E-state index contributed by atoms with van der Waals surface area (Å²) in [7, 11) is 0. The molecule has 22 heavy (non-hydrogen) atoms. The Hall–Kier alpha value is -1.55. The van der Waals surface area contributed by atoms with E-state index >= 15 is 0 Å². The first-order chi connectivity index (χ1) is 10.8. The van der Waals surface area contributed by atoms with Gasteiger partial charge in [0.05, 0.1) is 12.3 Å². The number of pyridine rings is 1. The minimum atomic E-state index is 0.623. The second-order valence-corrected chi connectivity index (χ2v) is 5.84. The summed E-state index contributed by atoms with van der Waals surface area (Å²) in [6, 6.07) is 4.00. The average molecular weight is 303 g/mol. The van der Waals surface area contributed by atoms with Gasteiger partial charge in [0, 0.05) is 18.8 Å². The van der Waals surface area contributed by atoms with E-state index in [4.69, 9.17) is 10.5 Å². The van der Waals surface area contributed by atoms with E-state index < -0.39 is 0 Å². The number of rotatable bonds is 11. The van der Waals surface area contributed by atoms with E-state index in [0.29, 0.717) is 6.54 Å². The summed E-state index contributed by atoms with van der Waals surface area (Å²) in [6.07, 6.45) is 13.9. The van der Waals surface area contributed by atoms with E-state index in [0.717, 1.165) is 36.5 Å². The fraction of sp³-hybridized carbons (Fsp3) is 0.611. The van der Waals surface area contributed by atoms with Crippen LogP contribution >= 0.6 is 0 Å². The third-order valence-corrected chi connectivity index (χ3v) is 3.90. The van der Waals surface area contributed by atoms with E-state index in [1.165, 1.54) is 38.5 Å². The summed E-state index contributed by atoms with van der Waals surface area (Å²) in [6.45, 7) is 3.65. The van der Waals surface area contributed by atoms with Crippen molar-refractivity contribution in [3.63, 3.8) is 0 Å². The maximum absolute atomic E-state index is 5.92. The molecule has 2 heterocycles. The Morgan fingerprint density at radius 3 is 2.68 bits per heavy atom. The molecule has 0 amide bonds. The van der Waals surface area contributed by atoms with Gasteiger partial charge in [-0.25, -0.2) is 4.98 Å². The number of aromatic nitrogens is 2. The number of hydrogen-bond acceptors (Lipinski definition) is 3. The van der Waals surface area contributed by atoms with Crippen LogP contribution in [0.2, 0.25) is 0 Å². The molecule has 2 N–H and O–H groups in total. The molecular formula is C18H29N3O. The smallest absolute Gasteiger partial charge is 0.179 e. The molecule has 4 nitrogen and oxygen atoms in total. The number of nitrogens with two attached hydrogens (primary N) is 1. The Bertz CT molecular complexity index is 550. The van der Waals surface area contributed by atoms with E-state index in [-0.39, 0.29) is 0 Å². The molecule has 0 aromatic carbocycles. The zero-order chi connectivity index (χ0) is 15.6. The highest BCUT2D eigenvalue weighted by molar-refractivity contribution is 5.54. The fourth-order valence-electron chi connectivity index (χ4n) is 2.66. The van der Waals surface area contributed by atoms with Crippen molar-refractivity contribution in [3.05, 3.63) is 30.2 Å². The van der Waals surface area contributed by atoms with Gasteiger partial charge in [-0.3, -0.25) is 0 Å². The lowest BCUT2D eigenvalue weighted by Gasteiger charge is -2.07. The normalized spacial score (nSPS) is 11.2. The second kappa shape index (κ2) is 9.46. The summed E-state index contributed by atoms with van der Waals surface area (Å²) in [5.74, 6) is 0.872. The third-order valence-electron chi connectivity index (χ3n) is 3.90. The molecule has 0 aliphatic heterocycles. The van der Waals surface area contributed by atoms with Gasteiger partial charge in [-0.05, 0) is 25.1 Å². The van der Waals surface area contributed by atoms with Crippen molar-refractivity contribution in [2.45, 2.75) is 58.3 Å². The Kier molecular flexibility index (Phi) is 7.23. The number of ether oxygens (including phenoxy) is 1. The number of nitrogens with zero attached hydrogens (tertiary/aromatic N) is 2. The summed E-state index contributed by atoms with van der Waals surface area (Å²) < 4.78 is 7.94. The summed E-state index contributed by atoms with van der Waals surface area (Å²) in [5, 5.41) is 0. The molecule has 0 unspecified atom stereocenters. The van der Waals surface area contributed by atoms with E-state index in [1.807, 2.05) is 28.9 Å². The molecule has 0 aliphatic carbocycles. The van der Waals surface area contributed by atoms with Gasteiger partial charge in [-0.2, -0.15) is 0 Å². The molecular weight excluding hydrogens is 274 g/mol. The number of fused-ring (bicyclic) bond motifs is 1. The van der Waals surface area contributed by atoms with Crippen LogP contribution in [0.15, 0.2) is 24.5 Å². The minimum Gasteiger partial charge on any atom is -0.490 e. The van der Waals surface area contributed by atoms with Crippen molar-refractivity contribution in [2.24, 2.45) is 5.73 Å². The van der Waals surface area contributed by atoms with E-state index in [1.54, 1.807) is 0 Å². The van der Waals surface area contributed by atoms with Gasteiger partial charge in [0.1, 0.15) is 0 Å². The van der Waals surface area contributed by atoms with Gasteiger partial charge in [-0.15, -0.1) is 0 Å². The molecule has 0 spiro atoms. The van der Waals surface area contributed by atoms with Crippen molar-refractivity contribution in [3.8, 4) is 5.75 Å². The first-order valence-electron chi connectivity index (χ1n) is 8.64. The largest absolute Gasteiger partial charge is 0.490 e. The lowest BCUT2D eigenvalue weighted by atomic mass is 10.1. The SMILES string of the molecule is CCCCCCCCCOc1cccn2cc(CCN)nc12. The molecule has 2 aromatic heterocycles.